The maximum absolute atomic E-state index is 11.6. The molecule has 5 nitrogen and oxygen atoms in total. The van der Waals surface area contributed by atoms with Crippen LogP contribution in [-0.4, -0.2) is 37.4 Å². The second-order valence-electron chi connectivity index (χ2n) is 4.92. The Bertz CT molecular complexity index is 442. The second-order valence-corrected chi connectivity index (χ2v) is 5.33. The average molecular weight is 288 g/mol. The first kappa shape index (κ1) is 15.9. The molecule has 0 N–H and O–H groups in total. The van der Waals surface area contributed by atoms with Crippen molar-refractivity contribution < 1.29 is 19.0 Å². The summed E-state index contributed by atoms with van der Waals surface area (Å²) in [6, 6.07) is 0. The van der Waals surface area contributed by atoms with Crippen molar-refractivity contribution in [3.05, 3.63) is 23.3 Å². The Balaban J connectivity index is 2.88. The largest absolute Gasteiger partial charge is 0.442 e. The van der Waals surface area contributed by atoms with E-state index in [9.17, 15) is 4.79 Å². The number of amides is 1. The minimum atomic E-state index is -1.12. The molecule has 0 spiro atoms. The molecule has 1 rings (SSSR count). The van der Waals surface area contributed by atoms with Crippen molar-refractivity contribution >= 4 is 23.4 Å². The summed E-state index contributed by atoms with van der Waals surface area (Å²) in [4.78, 5) is 15.4. The predicted molar refractivity (Wildman–Crippen MR) is 73.5 cm³/mol. The van der Waals surface area contributed by atoms with E-state index in [1.807, 2.05) is 0 Å². The Morgan fingerprint density at radius 3 is 2.32 bits per heavy atom. The van der Waals surface area contributed by atoms with Gasteiger partial charge in [-0.15, -0.1) is 0 Å². The van der Waals surface area contributed by atoms with E-state index in [1.165, 1.54) is 20.3 Å². The van der Waals surface area contributed by atoms with Gasteiger partial charge in [0.1, 0.15) is 5.60 Å². The van der Waals surface area contributed by atoms with Gasteiger partial charge in [-0.25, -0.2) is 4.79 Å². The lowest BCUT2D eigenvalue weighted by atomic mass is 10.1. The minimum absolute atomic E-state index is 0.280. The Morgan fingerprint density at radius 1 is 1.32 bits per heavy atom. The van der Waals surface area contributed by atoms with Gasteiger partial charge in [0.2, 0.25) is 5.79 Å². The Labute approximate surface area is 117 Å². The zero-order valence-electron chi connectivity index (χ0n) is 11.7. The summed E-state index contributed by atoms with van der Waals surface area (Å²) in [7, 11) is 2.94. The number of hydrogen-bond donors (Lipinski definition) is 0. The fourth-order valence-electron chi connectivity index (χ4n) is 1.43. The van der Waals surface area contributed by atoms with E-state index in [4.69, 9.17) is 25.8 Å². The third kappa shape index (κ3) is 4.16. The van der Waals surface area contributed by atoms with Crippen molar-refractivity contribution in [1.82, 2.24) is 0 Å². The van der Waals surface area contributed by atoms with Gasteiger partial charge >= 0.3 is 6.09 Å². The van der Waals surface area contributed by atoms with Crippen LogP contribution in [0.1, 0.15) is 20.8 Å². The average Bonchev–Trinajstić information content (AvgIpc) is 2.27. The van der Waals surface area contributed by atoms with Crippen molar-refractivity contribution in [2.24, 2.45) is 4.99 Å². The summed E-state index contributed by atoms with van der Waals surface area (Å²) >= 11 is 6.08. The molecule has 0 atom stereocenters. The highest BCUT2D eigenvalue weighted by atomic mass is 35.5. The Kier molecular flexibility index (Phi) is 4.90. The first-order chi connectivity index (χ1) is 8.72. The molecule has 0 aromatic rings. The molecular formula is C13H18ClNO4. The lowest BCUT2D eigenvalue weighted by molar-refractivity contribution is -0.136. The van der Waals surface area contributed by atoms with Crippen LogP contribution in [0.25, 0.3) is 0 Å². The van der Waals surface area contributed by atoms with Gasteiger partial charge in [-0.3, -0.25) is 0 Å². The van der Waals surface area contributed by atoms with Crippen LogP contribution in [0.15, 0.2) is 28.3 Å². The number of aliphatic imine (C=N–C) groups is 1. The number of ether oxygens (including phenoxy) is 3. The van der Waals surface area contributed by atoms with Gasteiger partial charge in [-0.1, -0.05) is 11.6 Å². The third-order valence-corrected chi connectivity index (χ3v) is 2.67. The normalized spacial score (nSPS) is 20.3. The molecule has 0 aromatic heterocycles. The second kappa shape index (κ2) is 5.86. The fraction of sp³-hybridized carbons (Fsp3) is 0.538. The van der Waals surface area contributed by atoms with Crippen LogP contribution in [0, 0.1) is 0 Å². The molecule has 0 aromatic carbocycles. The standard InChI is InChI=1S/C13H18ClNO4/c1-12(2,3)19-11(16)15-9-6-7-13(17-4,18-5)10(14)8-9/h6-8H,1-5H3/b15-9+. The zero-order chi connectivity index (χ0) is 14.7. The van der Waals surface area contributed by atoms with Crippen molar-refractivity contribution in [2.75, 3.05) is 14.2 Å². The molecule has 0 saturated heterocycles. The molecule has 19 heavy (non-hydrogen) atoms. The van der Waals surface area contributed by atoms with Crippen LogP contribution >= 0.6 is 11.6 Å². The summed E-state index contributed by atoms with van der Waals surface area (Å²) in [6.45, 7) is 5.31. The van der Waals surface area contributed by atoms with Crippen LogP contribution < -0.4 is 0 Å². The molecule has 1 amide bonds. The number of nitrogens with zero attached hydrogens (tertiary/aromatic N) is 1. The number of methoxy groups -OCH3 is 2. The molecule has 0 heterocycles. The van der Waals surface area contributed by atoms with Gasteiger partial charge in [0.05, 0.1) is 10.7 Å². The number of hydrogen-bond acceptors (Lipinski definition) is 4. The van der Waals surface area contributed by atoms with Crippen molar-refractivity contribution in [3.8, 4) is 0 Å². The van der Waals surface area contributed by atoms with Crippen molar-refractivity contribution in [2.45, 2.75) is 32.2 Å². The lowest BCUT2D eigenvalue weighted by Crippen LogP contribution is -2.34. The highest BCUT2D eigenvalue weighted by Gasteiger charge is 2.33. The topological polar surface area (TPSA) is 57.1 Å². The first-order valence-electron chi connectivity index (χ1n) is 5.71. The molecule has 0 bridgehead atoms. The molecular weight excluding hydrogens is 270 g/mol. The molecule has 1 aliphatic carbocycles. The fourth-order valence-corrected chi connectivity index (χ4v) is 1.76. The SMILES string of the molecule is COC1(OC)C=C/C(=N\C(=O)OC(C)(C)C)C=C1Cl. The first-order valence-corrected chi connectivity index (χ1v) is 6.09. The molecule has 1 aliphatic rings. The Morgan fingerprint density at radius 2 is 1.89 bits per heavy atom. The van der Waals surface area contributed by atoms with E-state index < -0.39 is 17.5 Å². The summed E-state index contributed by atoms with van der Waals surface area (Å²) in [5.41, 5.74) is -0.209. The van der Waals surface area contributed by atoms with Gasteiger partial charge in [0.25, 0.3) is 0 Å². The number of halogens is 1. The van der Waals surface area contributed by atoms with Gasteiger partial charge in [0, 0.05) is 14.2 Å². The molecule has 6 heteroatoms. The number of rotatable bonds is 2. The molecule has 0 fully saturated rings. The highest BCUT2D eigenvalue weighted by Crippen LogP contribution is 2.30. The maximum atomic E-state index is 11.6. The smallest absolute Gasteiger partial charge is 0.434 e. The number of allylic oxidation sites excluding steroid dienone is 2. The molecule has 0 unspecified atom stereocenters. The van der Waals surface area contributed by atoms with Gasteiger partial charge in [-0.2, -0.15) is 4.99 Å². The summed E-state index contributed by atoms with van der Waals surface area (Å²) in [5, 5.41) is 0.280. The maximum Gasteiger partial charge on any atom is 0.434 e. The van der Waals surface area contributed by atoms with Gasteiger partial charge < -0.3 is 14.2 Å². The highest BCUT2D eigenvalue weighted by molar-refractivity contribution is 6.33. The van der Waals surface area contributed by atoms with Crippen LogP contribution in [0.2, 0.25) is 0 Å². The van der Waals surface area contributed by atoms with Crippen molar-refractivity contribution in [1.29, 1.82) is 0 Å². The lowest BCUT2D eigenvalue weighted by Gasteiger charge is -2.29. The monoisotopic (exact) mass is 287 g/mol. The van der Waals surface area contributed by atoms with Gasteiger partial charge in [0.15, 0.2) is 0 Å². The summed E-state index contributed by atoms with van der Waals surface area (Å²) in [5.74, 6) is -1.12. The third-order valence-electron chi connectivity index (χ3n) is 2.30. The van der Waals surface area contributed by atoms with Crippen LogP contribution in [0.5, 0.6) is 0 Å². The quantitative estimate of drug-likeness (QED) is 0.733. The minimum Gasteiger partial charge on any atom is -0.442 e. The van der Waals surface area contributed by atoms with Crippen LogP contribution in [-0.2, 0) is 14.2 Å². The van der Waals surface area contributed by atoms with E-state index in [0.717, 1.165) is 0 Å². The molecule has 0 aliphatic heterocycles. The molecule has 0 radical (unpaired) electrons. The van der Waals surface area contributed by atoms with Crippen molar-refractivity contribution in [3.63, 3.8) is 0 Å². The van der Waals surface area contributed by atoms with Crippen LogP contribution in [0.3, 0.4) is 0 Å². The summed E-state index contributed by atoms with van der Waals surface area (Å²) in [6.07, 6.45) is 4.00. The number of carbonyl (C=O) groups excluding carboxylic acids is 1. The van der Waals surface area contributed by atoms with E-state index in [1.54, 1.807) is 32.9 Å². The molecule has 0 saturated carbocycles. The number of carbonyl (C=O) groups is 1. The van der Waals surface area contributed by atoms with E-state index in [0.29, 0.717) is 5.71 Å². The van der Waals surface area contributed by atoms with E-state index in [2.05, 4.69) is 4.99 Å². The van der Waals surface area contributed by atoms with E-state index in [-0.39, 0.29) is 5.03 Å². The Hall–Kier alpha value is -1.17. The summed E-state index contributed by atoms with van der Waals surface area (Å²) < 4.78 is 15.5. The zero-order valence-corrected chi connectivity index (χ0v) is 12.4. The molecule has 106 valence electrons. The predicted octanol–water partition coefficient (Wildman–Crippen LogP) is 3.04. The van der Waals surface area contributed by atoms with E-state index >= 15 is 0 Å². The van der Waals surface area contributed by atoms with Gasteiger partial charge in [-0.05, 0) is 39.0 Å². The van der Waals surface area contributed by atoms with Crippen LogP contribution in [0.4, 0.5) is 4.79 Å².